The van der Waals surface area contributed by atoms with Crippen LogP contribution in [0.1, 0.15) is 43.7 Å². The number of ether oxygens (including phenoxy) is 1. The highest BCUT2D eigenvalue weighted by Gasteiger charge is 2.23. The first kappa shape index (κ1) is 16.3. The number of halogens is 1. The number of benzene rings is 1. The predicted molar refractivity (Wildman–Crippen MR) is 91.5 cm³/mol. The maximum atomic E-state index is 6.06. The third-order valence-electron chi connectivity index (χ3n) is 4.91. The van der Waals surface area contributed by atoms with Crippen molar-refractivity contribution in [1.29, 1.82) is 0 Å². The van der Waals surface area contributed by atoms with Gasteiger partial charge >= 0.3 is 0 Å². The Hall–Kier alpha value is -0.610. The Morgan fingerprint density at radius 3 is 2.45 bits per heavy atom. The molecule has 0 aliphatic carbocycles. The standard InChI is InChI=1S/C18H27ClN2O/c19-16-6-4-15(5-7-16)18(21-10-2-1-3-11-21)14-20-17-8-12-22-13-9-17/h4-7,17-18,20H,1-3,8-14H2. The van der Waals surface area contributed by atoms with Crippen molar-refractivity contribution in [2.45, 2.75) is 44.2 Å². The normalized spacial score (nSPS) is 22.6. The van der Waals surface area contributed by atoms with E-state index in [9.17, 15) is 0 Å². The number of nitrogens with zero attached hydrogens (tertiary/aromatic N) is 1. The van der Waals surface area contributed by atoms with Crippen molar-refractivity contribution >= 4 is 11.6 Å². The molecule has 2 saturated heterocycles. The second kappa shape index (κ2) is 8.30. The average molecular weight is 323 g/mol. The predicted octanol–water partition coefficient (Wildman–Crippen LogP) is 3.64. The molecule has 3 nitrogen and oxygen atoms in total. The quantitative estimate of drug-likeness (QED) is 0.895. The zero-order chi connectivity index (χ0) is 15.2. The van der Waals surface area contributed by atoms with Gasteiger partial charge in [0.1, 0.15) is 0 Å². The van der Waals surface area contributed by atoms with Crippen LogP contribution in [0.25, 0.3) is 0 Å². The number of likely N-dealkylation sites (tertiary alicyclic amines) is 1. The van der Waals surface area contributed by atoms with Gasteiger partial charge in [0.05, 0.1) is 0 Å². The van der Waals surface area contributed by atoms with Crippen LogP contribution in [0.4, 0.5) is 0 Å². The lowest BCUT2D eigenvalue weighted by molar-refractivity contribution is 0.0737. The highest BCUT2D eigenvalue weighted by Crippen LogP contribution is 2.25. The maximum Gasteiger partial charge on any atom is 0.0480 e. The Kier molecular flexibility index (Phi) is 6.13. The largest absolute Gasteiger partial charge is 0.381 e. The van der Waals surface area contributed by atoms with Gasteiger partial charge in [0.25, 0.3) is 0 Å². The van der Waals surface area contributed by atoms with Crippen molar-refractivity contribution in [1.82, 2.24) is 10.2 Å². The third kappa shape index (κ3) is 4.45. The SMILES string of the molecule is Clc1ccc(C(CNC2CCOCC2)N2CCCCC2)cc1. The van der Waals surface area contributed by atoms with Crippen LogP contribution >= 0.6 is 11.6 Å². The molecule has 1 unspecified atom stereocenters. The van der Waals surface area contributed by atoms with Crippen molar-refractivity contribution < 1.29 is 4.74 Å². The molecule has 4 heteroatoms. The lowest BCUT2D eigenvalue weighted by atomic mass is 10.0. The summed E-state index contributed by atoms with van der Waals surface area (Å²) in [7, 11) is 0. The van der Waals surface area contributed by atoms with Crippen molar-refractivity contribution in [2.75, 3.05) is 32.8 Å². The smallest absolute Gasteiger partial charge is 0.0480 e. The Balaban J connectivity index is 1.66. The minimum Gasteiger partial charge on any atom is -0.381 e. The second-order valence-corrected chi connectivity index (χ2v) is 6.90. The molecule has 2 fully saturated rings. The van der Waals surface area contributed by atoms with Crippen LogP contribution in [0.5, 0.6) is 0 Å². The van der Waals surface area contributed by atoms with Crippen LogP contribution in [0, 0.1) is 0 Å². The third-order valence-corrected chi connectivity index (χ3v) is 5.16. The van der Waals surface area contributed by atoms with E-state index in [4.69, 9.17) is 16.3 Å². The van der Waals surface area contributed by atoms with E-state index in [-0.39, 0.29) is 0 Å². The zero-order valence-corrected chi connectivity index (χ0v) is 14.0. The fourth-order valence-electron chi connectivity index (χ4n) is 3.55. The summed E-state index contributed by atoms with van der Waals surface area (Å²) in [6.45, 7) is 5.23. The van der Waals surface area contributed by atoms with Crippen LogP contribution in [0.3, 0.4) is 0 Å². The summed E-state index contributed by atoms with van der Waals surface area (Å²) >= 11 is 6.06. The lowest BCUT2D eigenvalue weighted by Gasteiger charge is -2.36. The van der Waals surface area contributed by atoms with E-state index < -0.39 is 0 Å². The van der Waals surface area contributed by atoms with Gasteiger partial charge < -0.3 is 10.1 Å². The molecule has 3 rings (SSSR count). The summed E-state index contributed by atoms with van der Waals surface area (Å²) in [5.74, 6) is 0. The molecule has 0 amide bonds. The highest BCUT2D eigenvalue weighted by molar-refractivity contribution is 6.30. The fourth-order valence-corrected chi connectivity index (χ4v) is 3.68. The summed E-state index contributed by atoms with van der Waals surface area (Å²) < 4.78 is 5.46. The Morgan fingerprint density at radius 1 is 1.09 bits per heavy atom. The average Bonchev–Trinajstić information content (AvgIpc) is 2.58. The summed E-state index contributed by atoms with van der Waals surface area (Å²) in [5.41, 5.74) is 1.38. The van der Waals surface area contributed by atoms with E-state index in [1.807, 2.05) is 12.1 Å². The molecule has 122 valence electrons. The molecule has 1 aromatic carbocycles. The molecule has 22 heavy (non-hydrogen) atoms. The Morgan fingerprint density at radius 2 is 1.77 bits per heavy atom. The minimum atomic E-state index is 0.459. The minimum absolute atomic E-state index is 0.459. The first-order valence-corrected chi connectivity index (χ1v) is 9.01. The van der Waals surface area contributed by atoms with E-state index in [0.717, 1.165) is 37.6 Å². The lowest BCUT2D eigenvalue weighted by Crippen LogP contribution is -2.43. The number of hydrogen-bond acceptors (Lipinski definition) is 3. The zero-order valence-electron chi connectivity index (χ0n) is 13.3. The molecule has 0 radical (unpaired) electrons. The van der Waals surface area contributed by atoms with Crippen molar-refractivity contribution in [3.8, 4) is 0 Å². The topological polar surface area (TPSA) is 24.5 Å². The summed E-state index contributed by atoms with van der Waals surface area (Å²) in [6.07, 6.45) is 6.28. The molecule has 1 atom stereocenters. The van der Waals surface area contributed by atoms with E-state index in [1.54, 1.807) is 0 Å². The monoisotopic (exact) mass is 322 g/mol. The molecular formula is C18H27ClN2O. The van der Waals surface area contributed by atoms with Crippen LogP contribution in [0.15, 0.2) is 24.3 Å². The Labute approximate surface area is 139 Å². The van der Waals surface area contributed by atoms with Gasteiger partial charge in [-0.2, -0.15) is 0 Å². The Bertz CT molecular complexity index is 439. The van der Waals surface area contributed by atoms with Crippen molar-refractivity contribution in [3.63, 3.8) is 0 Å². The molecule has 0 bridgehead atoms. The number of nitrogens with one attached hydrogen (secondary N) is 1. The molecule has 2 aliphatic rings. The fraction of sp³-hybridized carbons (Fsp3) is 0.667. The van der Waals surface area contributed by atoms with Gasteiger partial charge in [0.15, 0.2) is 0 Å². The van der Waals surface area contributed by atoms with E-state index in [2.05, 4.69) is 22.3 Å². The number of hydrogen-bond donors (Lipinski definition) is 1. The number of rotatable bonds is 5. The van der Waals surface area contributed by atoms with E-state index >= 15 is 0 Å². The molecule has 0 spiro atoms. The summed E-state index contributed by atoms with van der Waals surface area (Å²) in [4.78, 5) is 2.64. The first-order valence-electron chi connectivity index (χ1n) is 8.63. The van der Waals surface area contributed by atoms with Crippen LogP contribution < -0.4 is 5.32 Å². The van der Waals surface area contributed by atoms with Gasteiger partial charge in [-0.05, 0) is 56.5 Å². The second-order valence-electron chi connectivity index (χ2n) is 6.46. The van der Waals surface area contributed by atoms with Crippen LogP contribution in [0.2, 0.25) is 5.02 Å². The first-order chi connectivity index (χ1) is 10.8. The molecule has 0 aromatic heterocycles. The maximum absolute atomic E-state index is 6.06. The number of piperidine rings is 1. The van der Waals surface area contributed by atoms with Crippen molar-refractivity contribution in [3.05, 3.63) is 34.9 Å². The highest BCUT2D eigenvalue weighted by atomic mass is 35.5. The van der Waals surface area contributed by atoms with Gasteiger partial charge in [-0.25, -0.2) is 0 Å². The van der Waals surface area contributed by atoms with Crippen LogP contribution in [-0.2, 0) is 4.74 Å². The van der Waals surface area contributed by atoms with Crippen LogP contribution in [-0.4, -0.2) is 43.8 Å². The molecule has 2 aliphatic heterocycles. The van der Waals surface area contributed by atoms with Gasteiger partial charge in [0.2, 0.25) is 0 Å². The van der Waals surface area contributed by atoms with E-state index in [0.29, 0.717) is 12.1 Å². The molecule has 1 aromatic rings. The molecular weight excluding hydrogens is 296 g/mol. The summed E-state index contributed by atoms with van der Waals surface area (Å²) in [6, 6.07) is 9.47. The summed E-state index contributed by atoms with van der Waals surface area (Å²) in [5, 5.41) is 4.60. The molecule has 0 saturated carbocycles. The van der Waals surface area contributed by atoms with E-state index in [1.165, 1.54) is 37.9 Å². The molecule has 1 N–H and O–H groups in total. The van der Waals surface area contributed by atoms with Gasteiger partial charge in [-0.3, -0.25) is 4.90 Å². The molecule has 2 heterocycles. The van der Waals surface area contributed by atoms with Gasteiger partial charge in [-0.1, -0.05) is 30.2 Å². The van der Waals surface area contributed by atoms with Gasteiger partial charge in [0, 0.05) is 36.9 Å². The van der Waals surface area contributed by atoms with Crippen molar-refractivity contribution in [2.24, 2.45) is 0 Å². The van der Waals surface area contributed by atoms with Gasteiger partial charge in [-0.15, -0.1) is 0 Å².